The summed E-state index contributed by atoms with van der Waals surface area (Å²) in [5, 5.41) is 9.02. The molecule has 0 spiro atoms. The van der Waals surface area contributed by atoms with E-state index in [9.17, 15) is 9.59 Å². The van der Waals surface area contributed by atoms with Crippen LogP contribution in [0.5, 0.6) is 0 Å². The molecule has 0 bridgehead atoms. The summed E-state index contributed by atoms with van der Waals surface area (Å²) in [6.07, 6.45) is 1.47. The first kappa shape index (κ1) is 18.1. The fraction of sp³-hybridized carbons (Fsp3) is 0.333. The SMILES string of the molecule is CCc1ccc(-c2ccc(C(=O)N3CCC(C(=O)O)C3)o2)cc1.Cl. The minimum absolute atomic E-state index is 0. The smallest absolute Gasteiger partial charge is 0.308 e. The Labute approximate surface area is 146 Å². The Hall–Kier alpha value is -2.27. The second kappa shape index (κ2) is 7.53. The van der Waals surface area contributed by atoms with Gasteiger partial charge in [0.05, 0.1) is 5.92 Å². The van der Waals surface area contributed by atoms with Gasteiger partial charge in [-0.05, 0) is 30.5 Å². The number of furan rings is 1. The molecule has 128 valence electrons. The highest BCUT2D eigenvalue weighted by Gasteiger charge is 2.32. The van der Waals surface area contributed by atoms with Gasteiger partial charge in [-0.2, -0.15) is 0 Å². The minimum atomic E-state index is -0.851. The van der Waals surface area contributed by atoms with Gasteiger partial charge in [0.1, 0.15) is 5.76 Å². The van der Waals surface area contributed by atoms with Crippen molar-refractivity contribution in [3.05, 3.63) is 47.7 Å². The van der Waals surface area contributed by atoms with Crippen LogP contribution in [0.3, 0.4) is 0 Å². The van der Waals surface area contributed by atoms with E-state index in [0.717, 1.165) is 12.0 Å². The van der Waals surface area contributed by atoms with Gasteiger partial charge in [-0.15, -0.1) is 12.4 Å². The van der Waals surface area contributed by atoms with E-state index in [2.05, 4.69) is 6.92 Å². The highest BCUT2D eigenvalue weighted by atomic mass is 35.5. The van der Waals surface area contributed by atoms with Gasteiger partial charge in [0.2, 0.25) is 0 Å². The molecule has 1 aliphatic rings. The zero-order valence-electron chi connectivity index (χ0n) is 13.4. The number of hydrogen-bond donors (Lipinski definition) is 1. The fourth-order valence-corrected chi connectivity index (χ4v) is 2.81. The topological polar surface area (TPSA) is 70.8 Å². The maximum Gasteiger partial charge on any atom is 0.308 e. The van der Waals surface area contributed by atoms with Crippen molar-refractivity contribution < 1.29 is 19.1 Å². The molecular formula is C18H20ClNO4. The third kappa shape index (κ3) is 3.62. The molecule has 6 heteroatoms. The molecule has 0 saturated carbocycles. The van der Waals surface area contributed by atoms with Crippen LogP contribution in [-0.2, 0) is 11.2 Å². The summed E-state index contributed by atoms with van der Waals surface area (Å²) in [4.78, 5) is 24.9. The quantitative estimate of drug-likeness (QED) is 0.917. The lowest BCUT2D eigenvalue weighted by molar-refractivity contribution is -0.141. The first-order valence-corrected chi connectivity index (χ1v) is 7.79. The average Bonchev–Trinajstić information content (AvgIpc) is 3.24. The number of carbonyl (C=O) groups excluding carboxylic acids is 1. The summed E-state index contributed by atoms with van der Waals surface area (Å²) in [7, 11) is 0. The number of aryl methyl sites for hydroxylation is 1. The van der Waals surface area contributed by atoms with Crippen LogP contribution in [0.2, 0.25) is 0 Å². The second-order valence-corrected chi connectivity index (χ2v) is 5.79. The summed E-state index contributed by atoms with van der Waals surface area (Å²) in [6.45, 7) is 2.80. The van der Waals surface area contributed by atoms with E-state index in [1.807, 2.05) is 24.3 Å². The third-order valence-electron chi connectivity index (χ3n) is 4.29. The first-order chi connectivity index (χ1) is 11.1. The molecule has 1 saturated heterocycles. The number of likely N-dealkylation sites (tertiary alicyclic amines) is 1. The second-order valence-electron chi connectivity index (χ2n) is 5.79. The number of nitrogens with zero attached hydrogens (tertiary/aromatic N) is 1. The standard InChI is InChI=1S/C18H19NO4.ClH/c1-2-12-3-5-13(6-4-12)15-7-8-16(23-15)17(20)19-10-9-14(11-19)18(21)22;/h3-8,14H,2,9-11H2,1H3,(H,21,22);1H. The van der Waals surface area contributed by atoms with Crippen molar-refractivity contribution in [2.24, 2.45) is 5.92 Å². The Bertz CT molecular complexity index is 723. The van der Waals surface area contributed by atoms with Crippen molar-refractivity contribution in [1.29, 1.82) is 0 Å². The van der Waals surface area contributed by atoms with Crippen molar-refractivity contribution in [2.75, 3.05) is 13.1 Å². The maximum atomic E-state index is 12.4. The predicted octanol–water partition coefficient (Wildman–Crippen LogP) is 3.48. The zero-order chi connectivity index (χ0) is 16.4. The van der Waals surface area contributed by atoms with Crippen molar-refractivity contribution >= 4 is 24.3 Å². The van der Waals surface area contributed by atoms with Gasteiger partial charge in [0.25, 0.3) is 5.91 Å². The molecule has 5 nitrogen and oxygen atoms in total. The van der Waals surface area contributed by atoms with E-state index in [1.54, 1.807) is 17.0 Å². The molecule has 1 amide bonds. The van der Waals surface area contributed by atoms with Crippen molar-refractivity contribution in [3.8, 4) is 11.3 Å². The van der Waals surface area contributed by atoms with Gasteiger partial charge in [-0.1, -0.05) is 31.2 Å². The summed E-state index contributed by atoms with van der Waals surface area (Å²) in [5.41, 5.74) is 2.17. The van der Waals surface area contributed by atoms with Crippen LogP contribution in [0.25, 0.3) is 11.3 Å². The number of hydrogen-bond acceptors (Lipinski definition) is 3. The molecule has 24 heavy (non-hydrogen) atoms. The molecule has 0 radical (unpaired) electrons. The van der Waals surface area contributed by atoms with Crippen LogP contribution >= 0.6 is 12.4 Å². The molecule has 1 fully saturated rings. The Morgan fingerprint density at radius 2 is 1.92 bits per heavy atom. The summed E-state index contributed by atoms with van der Waals surface area (Å²) < 4.78 is 5.67. The van der Waals surface area contributed by atoms with E-state index >= 15 is 0 Å². The minimum Gasteiger partial charge on any atom is -0.481 e. The number of amides is 1. The molecule has 3 rings (SSSR count). The number of halogens is 1. The maximum absolute atomic E-state index is 12.4. The van der Waals surface area contributed by atoms with E-state index in [0.29, 0.717) is 18.7 Å². The molecule has 1 N–H and O–H groups in total. The van der Waals surface area contributed by atoms with E-state index in [1.165, 1.54) is 5.56 Å². The summed E-state index contributed by atoms with van der Waals surface area (Å²) in [6, 6.07) is 11.5. The number of benzene rings is 1. The van der Waals surface area contributed by atoms with Crippen LogP contribution < -0.4 is 0 Å². The molecule has 2 heterocycles. The normalized spacial score (nSPS) is 16.7. The largest absolute Gasteiger partial charge is 0.481 e. The number of carboxylic acids is 1. The average molecular weight is 350 g/mol. The van der Waals surface area contributed by atoms with Gasteiger partial charge in [-0.25, -0.2) is 0 Å². The van der Waals surface area contributed by atoms with Gasteiger partial charge in [0, 0.05) is 18.7 Å². The van der Waals surface area contributed by atoms with Crippen LogP contribution in [0.15, 0.2) is 40.8 Å². The summed E-state index contributed by atoms with van der Waals surface area (Å²) in [5.74, 6) is -0.674. The lowest BCUT2D eigenvalue weighted by atomic mass is 10.1. The lowest BCUT2D eigenvalue weighted by Crippen LogP contribution is -2.29. The van der Waals surface area contributed by atoms with Crippen LogP contribution in [0.1, 0.15) is 29.5 Å². The van der Waals surface area contributed by atoms with Crippen LogP contribution in [-0.4, -0.2) is 35.0 Å². The first-order valence-electron chi connectivity index (χ1n) is 7.79. The number of carbonyl (C=O) groups is 2. The summed E-state index contributed by atoms with van der Waals surface area (Å²) >= 11 is 0. The Balaban J connectivity index is 0.00000208. The molecule has 1 aromatic heterocycles. The number of carboxylic acid groups (broad SMARTS) is 1. The zero-order valence-corrected chi connectivity index (χ0v) is 14.2. The van der Waals surface area contributed by atoms with Crippen molar-refractivity contribution in [1.82, 2.24) is 4.90 Å². The molecule has 1 unspecified atom stereocenters. The predicted molar refractivity (Wildman–Crippen MR) is 92.4 cm³/mol. The van der Waals surface area contributed by atoms with Gasteiger partial charge in [0.15, 0.2) is 5.76 Å². The molecular weight excluding hydrogens is 330 g/mol. The van der Waals surface area contributed by atoms with Gasteiger partial charge >= 0.3 is 5.97 Å². The van der Waals surface area contributed by atoms with Crippen molar-refractivity contribution in [2.45, 2.75) is 19.8 Å². The Kier molecular flexibility index (Phi) is 5.67. The van der Waals surface area contributed by atoms with E-state index in [4.69, 9.17) is 9.52 Å². The molecule has 2 aromatic rings. The molecule has 0 aliphatic carbocycles. The van der Waals surface area contributed by atoms with Crippen LogP contribution in [0.4, 0.5) is 0 Å². The van der Waals surface area contributed by atoms with E-state index in [-0.39, 0.29) is 30.6 Å². The fourth-order valence-electron chi connectivity index (χ4n) is 2.81. The lowest BCUT2D eigenvalue weighted by Gasteiger charge is -2.13. The van der Waals surface area contributed by atoms with Gasteiger partial charge < -0.3 is 14.4 Å². The number of rotatable bonds is 4. The monoisotopic (exact) mass is 349 g/mol. The Morgan fingerprint density at radius 3 is 2.50 bits per heavy atom. The van der Waals surface area contributed by atoms with Gasteiger partial charge in [-0.3, -0.25) is 9.59 Å². The Morgan fingerprint density at radius 1 is 1.21 bits per heavy atom. The van der Waals surface area contributed by atoms with Crippen LogP contribution in [0, 0.1) is 5.92 Å². The highest BCUT2D eigenvalue weighted by molar-refractivity contribution is 5.92. The molecule has 1 aliphatic heterocycles. The van der Waals surface area contributed by atoms with E-state index < -0.39 is 11.9 Å². The molecule has 1 aromatic carbocycles. The third-order valence-corrected chi connectivity index (χ3v) is 4.29. The number of aliphatic carboxylic acids is 1. The molecule has 1 atom stereocenters. The highest BCUT2D eigenvalue weighted by Crippen LogP contribution is 2.25. The van der Waals surface area contributed by atoms with Crippen molar-refractivity contribution in [3.63, 3.8) is 0 Å².